The van der Waals surface area contributed by atoms with E-state index >= 15 is 0 Å². The number of carbonyl (C=O) groups excluding carboxylic acids is 1. The molecule has 0 saturated heterocycles. The lowest BCUT2D eigenvalue weighted by Gasteiger charge is -1.98. The van der Waals surface area contributed by atoms with Gasteiger partial charge in [0.25, 0.3) is 5.91 Å². The molecule has 0 fully saturated rings. The molecular formula is C19H14ClN5O. The Morgan fingerprint density at radius 1 is 1.15 bits per heavy atom. The largest absolute Gasteiger partial charge is 0.361 e. The topological polar surface area (TPSA) is 85.9 Å². The number of benzene rings is 2. The molecule has 0 bridgehead atoms. The molecule has 1 amide bonds. The van der Waals surface area contributed by atoms with Crippen molar-refractivity contribution >= 4 is 34.6 Å². The highest BCUT2D eigenvalue weighted by Gasteiger charge is 2.12. The fourth-order valence-corrected chi connectivity index (χ4v) is 2.90. The molecule has 0 atom stereocenters. The predicted molar refractivity (Wildman–Crippen MR) is 102 cm³/mol. The van der Waals surface area contributed by atoms with E-state index in [-0.39, 0.29) is 5.91 Å². The molecular weight excluding hydrogens is 350 g/mol. The van der Waals surface area contributed by atoms with Gasteiger partial charge < -0.3 is 4.98 Å². The molecule has 0 aliphatic carbocycles. The number of carbonyl (C=O) groups is 1. The minimum absolute atomic E-state index is 0.302. The van der Waals surface area contributed by atoms with Crippen molar-refractivity contribution in [3.05, 3.63) is 77.1 Å². The summed E-state index contributed by atoms with van der Waals surface area (Å²) in [5, 5.41) is 12.5. The summed E-state index contributed by atoms with van der Waals surface area (Å²) < 4.78 is 0. The molecule has 0 radical (unpaired) electrons. The van der Waals surface area contributed by atoms with Gasteiger partial charge in [0.15, 0.2) is 0 Å². The average Bonchev–Trinajstić information content (AvgIpc) is 3.30. The standard InChI is InChI=1S/C19H14ClN5O/c20-15-7-3-1-6-14(15)17-9-18(24-23-17)19(26)25-22-11-12-10-21-16-8-4-2-5-13(12)16/h1-11,21H,(H,23,24)(H,25,26). The monoisotopic (exact) mass is 363 g/mol. The van der Waals surface area contributed by atoms with Gasteiger partial charge in [0.05, 0.1) is 16.9 Å². The van der Waals surface area contributed by atoms with Crippen LogP contribution in [0.2, 0.25) is 5.02 Å². The first-order chi connectivity index (χ1) is 12.7. The number of hydrazone groups is 1. The Morgan fingerprint density at radius 2 is 1.96 bits per heavy atom. The number of H-pyrrole nitrogens is 2. The molecule has 26 heavy (non-hydrogen) atoms. The molecule has 0 saturated carbocycles. The van der Waals surface area contributed by atoms with Crippen LogP contribution < -0.4 is 5.43 Å². The lowest BCUT2D eigenvalue weighted by molar-refractivity contribution is 0.0950. The molecule has 2 aromatic heterocycles. The molecule has 4 aromatic rings. The fourth-order valence-electron chi connectivity index (χ4n) is 2.67. The summed E-state index contributed by atoms with van der Waals surface area (Å²) in [6.07, 6.45) is 3.44. The second-order valence-electron chi connectivity index (χ2n) is 5.64. The SMILES string of the molecule is O=C(NN=Cc1c[nH]c2ccccc12)c1cc(-c2ccccc2Cl)n[nH]1. The highest BCUT2D eigenvalue weighted by atomic mass is 35.5. The zero-order chi connectivity index (χ0) is 17.9. The molecule has 2 heterocycles. The second-order valence-corrected chi connectivity index (χ2v) is 6.04. The highest BCUT2D eigenvalue weighted by molar-refractivity contribution is 6.33. The summed E-state index contributed by atoms with van der Waals surface area (Å²) in [5.74, 6) is -0.383. The third-order valence-corrected chi connectivity index (χ3v) is 4.29. The smallest absolute Gasteiger partial charge is 0.289 e. The lowest BCUT2D eigenvalue weighted by atomic mass is 10.1. The number of amides is 1. The van der Waals surface area contributed by atoms with Crippen LogP contribution in [0.4, 0.5) is 0 Å². The number of para-hydroxylation sites is 1. The Labute approximate surface area is 153 Å². The molecule has 4 rings (SSSR count). The van der Waals surface area contributed by atoms with Gasteiger partial charge in [-0.15, -0.1) is 0 Å². The van der Waals surface area contributed by atoms with E-state index in [1.165, 1.54) is 0 Å². The number of nitrogens with zero attached hydrogens (tertiary/aromatic N) is 2. The van der Waals surface area contributed by atoms with Crippen LogP contribution in [0.3, 0.4) is 0 Å². The van der Waals surface area contributed by atoms with E-state index in [9.17, 15) is 4.79 Å². The van der Waals surface area contributed by atoms with Crippen LogP contribution in [0.1, 0.15) is 16.1 Å². The first kappa shape index (κ1) is 16.1. The van der Waals surface area contributed by atoms with Crippen LogP contribution in [0.15, 0.2) is 65.9 Å². The summed E-state index contributed by atoms with van der Waals surface area (Å²) >= 11 is 6.16. The third kappa shape index (κ3) is 3.10. The van der Waals surface area contributed by atoms with Crippen LogP contribution in [0.25, 0.3) is 22.2 Å². The maximum Gasteiger partial charge on any atom is 0.289 e. The van der Waals surface area contributed by atoms with E-state index in [1.54, 1.807) is 18.3 Å². The van der Waals surface area contributed by atoms with Gasteiger partial charge in [-0.05, 0) is 18.2 Å². The van der Waals surface area contributed by atoms with Crippen molar-refractivity contribution in [3.63, 3.8) is 0 Å². The summed E-state index contributed by atoms with van der Waals surface area (Å²) in [7, 11) is 0. The first-order valence-electron chi connectivity index (χ1n) is 7.92. The third-order valence-electron chi connectivity index (χ3n) is 3.96. The van der Waals surface area contributed by atoms with Crippen LogP contribution in [-0.4, -0.2) is 27.3 Å². The van der Waals surface area contributed by atoms with Crippen molar-refractivity contribution in [2.45, 2.75) is 0 Å². The maximum absolute atomic E-state index is 12.2. The van der Waals surface area contributed by atoms with Gasteiger partial charge in [-0.2, -0.15) is 10.2 Å². The number of hydrogen-bond donors (Lipinski definition) is 3. The Balaban J connectivity index is 1.48. The number of aromatic nitrogens is 3. The Hall–Kier alpha value is -3.38. The van der Waals surface area contributed by atoms with Gasteiger partial charge >= 0.3 is 0 Å². The summed E-state index contributed by atoms with van der Waals surface area (Å²) in [6, 6.07) is 16.8. The lowest BCUT2D eigenvalue weighted by Crippen LogP contribution is -2.17. The quantitative estimate of drug-likeness (QED) is 0.378. The molecule has 128 valence electrons. The van der Waals surface area contributed by atoms with E-state index in [2.05, 4.69) is 25.7 Å². The van der Waals surface area contributed by atoms with Gasteiger partial charge in [-0.25, -0.2) is 5.43 Å². The van der Waals surface area contributed by atoms with Crippen molar-refractivity contribution in [3.8, 4) is 11.3 Å². The minimum atomic E-state index is -0.383. The van der Waals surface area contributed by atoms with Gasteiger partial charge in [-0.1, -0.05) is 48.0 Å². The molecule has 0 aliphatic heterocycles. The van der Waals surface area contributed by atoms with Crippen molar-refractivity contribution < 1.29 is 4.79 Å². The van der Waals surface area contributed by atoms with E-state index in [1.807, 2.05) is 48.7 Å². The number of rotatable bonds is 4. The first-order valence-corrected chi connectivity index (χ1v) is 8.30. The van der Waals surface area contributed by atoms with Crippen LogP contribution in [0.5, 0.6) is 0 Å². The van der Waals surface area contributed by atoms with E-state index in [0.29, 0.717) is 16.4 Å². The van der Waals surface area contributed by atoms with Gasteiger partial charge in [0.1, 0.15) is 5.69 Å². The Bertz CT molecular complexity index is 1110. The van der Waals surface area contributed by atoms with Gasteiger partial charge in [0.2, 0.25) is 0 Å². The number of hydrogen-bond acceptors (Lipinski definition) is 3. The number of nitrogens with one attached hydrogen (secondary N) is 3. The molecule has 6 nitrogen and oxygen atoms in total. The zero-order valence-electron chi connectivity index (χ0n) is 13.5. The number of halogens is 1. The fraction of sp³-hybridized carbons (Fsp3) is 0. The predicted octanol–water partition coefficient (Wildman–Crippen LogP) is 3.98. The molecule has 2 aromatic carbocycles. The van der Waals surface area contributed by atoms with E-state index in [0.717, 1.165) is 22.0 Å². The maximum atomic E-state index is 12.2. The molecule has 0 unspecified atom stereocenters. The molecule has 0 spiro atoms. The van der Waals surface area contributed by atoms with Crippen molar-refractivity contribution in [2.24, 2.45) is 5.10 Å². The molecule has 0 aliphatic rings. The van der Waals surface area contributed by atoms with Crippen molar-refractivity contribution in [2.75, 3.05) is 0 Å². The normalized spacial score (nSPS) is 11.3. The van der Waals surface area contributed by atoms with Crippen LogP contribution >= 0.6 is 11.6 Å². The Kier molecular flexibility index (Phi) is 4.25. The van der Waals surface area contributed by atoms with Crippen molar-refractivity contribution in [1.29, 1.82) is 0 Å². The Morgan fingerprint density at radius 3 is 2.85 bits per heavy atom. The number of fused-ring (bicyclic) bond motifs is 1. The van der Waals surface area contributed by atoms with Crippen LogP contribution in [-0.2, 0) is 0 Å². The summed E-state index contributed by atoms with van der Waals surface area (Å²) in [6.45, 7) is 0. The highest BCUT2D eigenvalue weighted by Crippen LogP contribution is 2.26. The van der Waals surface area contributed by atoms with Crippen molar-refractivity contribution in [1.82, 2.24) is 20.6 Å². The molecule has 7 heteroatoms. The van der Waals surface area contributed by atoms with E-state index in [4.69, 9.17) is 11.6 Å². The van der Waals surface area contributed by atoms with Gasteiger partial charge in [0, 0.05) is 28.2 Å². The average molecular weight is 364 g/mol. The molecule has 3 N–H and O–H groups in total. The zero-order valence-corrected chi connectivity index (χ0v) is 14.3. The minimum Gasteiger partial charge on any atom is -0.361 e. The van der Waals surface area contributed by atoms with Crippen LogP contribution in [0, 0.1) is 0 Å². The summed E-state index contributed by atoms with van der Waals surface area (Å²) in [4.78, 5) is 15.4. The number of aromatic amines is 2. The second kappa shape index (κ2) is 6.85. The van der Waals surface area contributed by atoms with E-state index < -0.39 is 0 Å². The van der Waals surface area contributed by atoms with Gasteiger partial charge in [-0.3, -0.25) is 9.89 Å². The summed E-state index contributed by atoms with van der Waals surface area (Å²) in [5.41, 5.74) is 6.05.